The average molecular weight is 254 g/mol. The Kier molecular flexibility index (Phi) is 4.02. The number of rotatable bonds is 5. The Balaban J connectivity index is 1.84. The van der Waals surface area contributed by atoms with E-state index in [1.165, 1.54) is 4.90 Å². The maximum atomic E-state index is 12.1. The molecule has 102 valence electrons. The minimum Gasteiger partial charge on any atom is -0.392 e. The SMILES string of the molecule is CC(O)CNCCN1C(=O)C2CC(C)CC2C1=O. The number of hydrogen-bond donors (Lipinski definition) is 2. The Morgan fingerprint density at radius 1 is 1.33 bits per heavy atom. The molecule has 0 radical (unpaired) electrons. The van der Waals surface area contributed by atoms with E-state index in [0.29, 0.717) is 25.6 Å². The highest BCUT2D eigenvalue weighted by atomic mass is 16.3. The van der Waals surface area contributed by atoms with Crippen molar-refractivity contribution in [2.75, 3.05) is 19.6 Å². The fourth-order valence-corrected chi connectivity index (χ4v) is 3.07. The molecule has 2 N–H and O–H groups in total. The number of imide groups is 1. The van der Waals surface area contributed by atoms with Gasteiger partial charge in [0.25, 0.3) is 0 Å². The summed E-state index contributed by atoms with van der Waals surface area (Å²) in [6.45, 7) is 5.27. The number of fused-ring (bicyclic) bond motifs is 1. The fourth-order valence-electron chi connectivity index (χ4n) is 3.07. The van der Waals surface area contributed by atoms with E-state index in [1.807, 2.05) is 0 Å². The zero-order chi connectivity index (χ0) is 13.3. The lowest BCUT2D eigenvalue weighted by Gasteiger charge is -2.17. The van der Waals surface area contributed by atoms with Crippen molar-refractivity contribution >= 4 is 11.8 Å². The van der Waals surface area contributed by atoms with Gasteiger partial charge in [0.1, 0.15) is 0 Å². The van der Waals surface area contributed by atoms with Crippen LogP contribution in [0.4, 0.5) is 0 Å². The Labute approximate surface area is 108 Å². The summed E-state index contributed by atoms with van der Waals surface area (Å²) in [4.78, 5) is 25.6. The number of carbonyl (C=O) groups excluding carboxylic acids is 2. The molecule has 18 heavy (non-hydrogen) atoms. The molecule has 0 bridgehead atoms. The molecule has 1 saturated carbocycles. The molecule has 1 aliphatic heterocycles. The summed E-state index contributed by atoms with van der Waals surface area (Å²) in [7, 11) is 0. The zero-order valence-electron chi connectivity index (χ0n) is 11.1. The molecule has 0 spiro atoms. The number of amides is 2. The molecule has 2 aliphatic rings. The van der Waals surface area contributed by atoms with E-state index in [2.05, 4.69) is 12.2 Å². The predicted molar refractivity (Wildman–Crippen MR) is 66.6 cm³/mol. The minimum absolute atomic E-state index is 0.00759. The van der Waals surface area contributed by atoms with Crippen molar-refractivity contribution in [1.82, 2.24) is 10.2 Å². The van der Waals surface area contributed by atoms with E-state index in [9.17, 15) is 9.59 Å². The van der Waals surface area contributed by atoms with Gasteiger partial charge < -0.3 is 10.4 Å². The Bertz CT molecular complexity index is 319. The van der Waals surface area contributed by atoms with Crippen LogP contribution < -0.4 is 5.32 Å². The highest BCUT2D eigenvalue weighted by Gasteiger charge is 2.51. The van der Waals surface area contributed by atoms with E-state index in [1.54, 1.807) is 6.92 Å². The summed E-state index contributed by atoms with van der Waals surface area (Å²) in [6, 6.07) is 0. The van der Waals surface area contributed by atoms with Crippen LogP contribution in [-0.4, -0.2) is 47.6 Å². The van der Waals surface area contributed by atoms with Crippen molar-refractivity contribution in [3.05, 3.63) is 0 Å². The average Bonchev–Trinajstić information content (AvgIpc) is 2.77. The fraction of sp³-hybridized carbons (Fsp3) is 0.846. The van der Waals surface area contributed by atoms with Crippen molar-refractivity contribution in [3.63, 3.8) is 0 Å². The van der Waals surface area contributed by atoms with Crippen LogP contribution in [0.15, 0.2) is 0 Å². The monoisotopic (exact) mass is 254 g/mol. The molecule has 2 fully saturated rings. The van der Waals surface area contributed by atoms with Gasteiger partial charge in [0.2, 0.25) is 11.8 Å². The lowest BCUT2D eigenvalue weighted by Crippen LogP contribution is -2.39. The third-order valence-corrected chi connectivity index (χ3v) is 3.92. The van der Waals surface area contributed by atoms with Gasteiger partial charge >= 0.3 is 0 Å². The van der Waals surface area contributed by atoms with Crippen molar-refractivity contribution < 1.29 is 14.7 Å². The molecule has 5 nitrogen and oxygen atoms in total. The Morgan fingerprint density at radius 2 is 1.89 bits per heavy atom. The number of nitrogens with one attached hydrogen (secondary N) is 1. The molecule has 1 heterocycles. The van der Waals surface area contributed by atoms with Gasteiger partial charge in [-0.2, -0.15) is 0 Å². The third kappa shape index (κ3) is 2.57. The second kappa shape index (κ2) is 5.36. The maximum absolute atomic E-state index is 12.1. The van der Waals surface area contributed by atoms with Crippen LogP contribution in [-0.2, 0) is 9.59 Å². The van der Waals surface area contributed by atoms with Gasteiger partial charge in [0.05, 0.1) is 17.9 Å². The first-order valence-corrected chi connectivity index (χ1v) is 6.74. The summed E-state index contributed by atoms with van der Waals surface area (Å²) in [5.41, 5.74) is 0. The van der Waals surface area contributed by atoms with Gasteiger partial charge in [-0.15, -0.1) is 0 Å². The molecular weight excluding hydrogens is 232 g/mol. The zero-order valence-corrected chi connectivity index (χ0v) is 11.1. The molecule has 2 amide bonds. The third-order valence-electron chi connectivity index (χ3n) is 3.92. The predicted octanol–water partition coefficient (Wildman–Crippen LogP) is -0.0121. The lowest BCUT2D eigenvalue weighted by atomic mass is 10.00. The second-order valence-corrected chi connectivity index (χ2v) is 5.67. The molecule has 0 aromatic heterocycles. The van der Waals surface area contributed by atoms with Crippen molar-refractivity contribution in [2.45, 2.75) is 32.8 Å². The normalized spacial score (nSPS) is 33.1. The summed E-state index contributed by atoms with van der Waals surface area (Å²) >= 11 is 0. The highest BCUT2D eigenvalue weighted by Crippen LogP contribution is 2.42. The summed E-state index contributed by atoms with van der Waals surface area (Å²) in [6.07, 6.45) is 1.30. The lowest BCUT2D eigenvalue weighted by molar-refractivity contribution is -0.140. The van der Waals surface area contributed by atoms with Crippen LogP contribution in [0.3, 0.4) is 0 Å². The summed E-state index contributed by atoms with van der Waals surface area (Å²) < 4.78 is 0. The molecule has 2 rings (SSSR count). The van der Waals surface area contributed by atoms with Crippen molar-refractivity contribution in [1.29, 1.82) is 0 Å². The molecule has 3 unspecified atom stereocenters. The number of aliphatic hydroxyl groups is 1. The quantitative estimate of drug-likeness (QED) is 0.535. The topological polar surface area (TPSA) is 69.6 Å². The first-order chi connectivity index (χ1) is 8.50. The van der Waals surface area contributed by atoms with E-state index < -0.39 is 6.10 Å². The van der Waals surface area contributed by atoms with Crippen molar-refractivity contribution in [2.24, 2.45) is 17.8 Å². The van der Waals surface area contributed by atoms with Crippen LogP contribution in [0.25, 0.3) is 0 Å². The van der Waals surface area contributed by atoms with Gasteiger partial charge in [-0.05, 0) is 25.7 Å². The van der Waals surface area contributed by atoms with Gasteiger partial charge in [-0.25, -0.2) is 0 Å². The standard InChI is InChI=1S/C13H22N2O3/c1-8-5-10-11(6-8)13(18)15(12(10)17)4-3-14-7-9(2)16/h8-11,14,16H,3-7H2,1-2H3. The highest BCUT2D eigenvalue weighted by molar-refractivity contribution is 6.05. The van der Waals surface area contributed by atoms with Crippen molar-refractivity contribution in [3.8, 4) is 0 Å². The Morgan fingerprint density at radius 3 is 2.39 bits per heavy atom. The van der Waals surface area contributed by atoms with Gasteiger partial charge in [0.15, 0.2) is 0 Å². The molecule has 3 atom stereocenters. The first kappa shape index (κ1) is 13.5. The first-order valence-electron chi connectivity index (χ1n) is 6.74. The van der Waals surface area contributed by atoms with Gasteiger partial charge in [-0.3, -0.25) is 14.5 Å². The van der Waals surface area contributed by atoms with E-state index in [4.69, 9.17) is 5.11 Å². The molecule has 1 aliphatic carbocycles. The van der Waals surface area contributed by atoms with Crippen LogP contribution in [0.1, 0.15) is 26.7 Å². The van der Waals surface area contributed by atoms with E-state index >= 15 is 0 Å². The van der Waals surface area contributed by atoms with Crippen LogP contribution in [0.5, 0.6) is 0 Å². The number of likely N-dealkylation sites (tertiary alicyclic amines) is 1. The number of nitrogens with zero attached hydrogens (tertiary/aromatic N) is 1. The number of aliphatic hydroxyl groups excluding tert-OH is 1. The molecule has 1 saturated heterocycles. The largest absolute Gasteiger partial charge is 0.392 e. The van der Waals surface area contributed by atoms with Crippen LogP contribution >= 0.6 is 0 Å². The Hall–Kier alpha value is -0.940. The summed E-state index contributed by atoms with van der Waals surface area (Å²) in [5.74, 6) is 0.373. The molecule has 0 aromatic rings. The van der Waals surface area contributed by atoms with E-state index in [0.717, 1.165) is 12.8 Å². The number of hydrogen-bond acceptors (Lipinski definition) is 4. The smallest absolute Gasteiger partial charge is 0.233 e. The van der Waals surface area contributed by atoms with E-state index in [-0.39, 0.29) is 23.7 Å². The van der Waals surface area contributed by atoms with Gasteiger partial charge in [-0.1, -0.05) is 6.92 Å². The molecule has 0 aromatic carbocycles. The minimum atomic E-state index is -0.407. The summed E-state index contributed by atoms with van der Waals surface area (Å²) in [5, 5.41) is 12.1. The molecule has 5 heteroatoms. The second-order valence-electron chi connectivity index (χ2n) is 5.67. The molecular formula is C13H22N2O3. The van der Waals surface area contributed by atoms with Gasteiger partial charge in [0, 0.05) is 19.6 Å². The maximum Gasteiger partial charge on any atom is 0.233 e. The number of carbonyl (C=O) groups is 2. The van der Waals surface area contributed by atoms with Crippen LogP contribution in [0.2, 0.25) is 0 Å². The van der Waals surface area contributed by atoms with Crippen LogP contribution in [0, 0.1) is 17.8 Å².